The van der Waals surface area contributed by atoms with Crippen molar-refractivity contribution in [3.05, 3.63) is 36.5 Å². The van der Waals surface area contributed by atoms with Crippen LogP contribution in [-0.2, 0) is 28.6 Å². The Morgan fingerprint density at radius 3 is 0.704 bits per heavy atom. The molecule has 416 valence electrons. The van der Waals surface area contributed by atoms with E-state index in [1.54, 1.807) is 0 Å². The Hall–Kier alpha value is -2.37. The normalized spacial score (nSPS) is 12.2. The van der Waals surface area contributed by atoms with Gasteiger partial charge in [-0.2, -0.15) is 0 Å². The molecule has 0 rings (SSSR count). The van der Waals surface area contributed by atoms with Gasteiger partial charge < -0.3 is 14.2 Å². The molecule has 71 heavy (non-hydrogen) atoms. The fourth-order valence-corrected chi connectivity index (χ4v) is 9.31. The van der Waals surface area contributed by atoms with Crippen LogP contribution in [0, 0.1) is 0 Å². The minimum absolute atomic E-state index is 0.0743. The van der Waals surface area contributed by atoms with Crippen LogP contribution in [-0.4, -0.2) is 37.2 Å². The Morgan fingerprint density at radius 1 is 0.268 bits per heavy atom. The van der Waals surface area contributed by atoms with E-state index in [0.29, 0.717) is 19.3 Å². The van der Waals surface area contributed by atoms with Crippen LogP contribution in [0.2, 0.25) is 0 Å². The second kappa shape index (κ2) is 60.2. The number of hydrogen-bond donors (Lipinski definition) is 0. The quantitative estimate of drug-likeness (QED) is 0.0261. The number of unbranched alkanes of at least 4 members (excludes halogenated alkanes) is 41. The van der Waals surface area contributed by atoms with E-state index in [2.05, 4.69) is 57.2 Å². The van der Waals surface area contributed by atoms with Gasteiger partial charge >= 0.3 is 17.9 Å². The van der Waals surface area contributed by atoms with E-state index in [1.807, 2.05) is 0 Å². The van der Waals surface area contributed by atoms with Crippen molar-refractivity contribution in [1.82, 2.24) is 0 Å². The molecule has 0 heterocycles. The summed E-state index contributed by atoms with van der Waals surface area (Å²) in [6, 6.07) is 0. The molecule has 0 aromatic carbocycles. The Morgan fingerprint density at radius 2 is 0.465 bits per heavy atom. The van der Waals surface area contributed by atoms with Crippen LogP contribution in [0.15, 0.2) is 36.5 Å². The standard InChI is InChI=1S/C65H120O6/c1-4-7-10-13-16-19-22-25-28-30-32-34-37-39-42-45-48-51-54-57-63(66)69-60-62(71-65(68)59-56-53-50-47-44-41-36-27-24-21-18-15-12-9-6-3)61-70-64(67)58-55-52-49-46-43-40-38-35-33-31-29-26-23-20-17-14-11-8-5-2/h25-29,36,62H,4-24,30-35,37-61H2,1-3H3. The molecule has 0 aromatic heterocycles. The van der Waals surface area contributed by atoms with Crippen LogP contribution in [0.4, 0.5) is 0 Å². The summed E-state index contributed by atoms with van der Waals surface area (Å²) in [5.74, 6) is -0.866. The number of ether oxygens (including phenoxy) is 3. The van der Waals surface area contributed by atoms with Crippen molar-refractivity contribution >= 4 is 17.9 Å². The van der Waals surface area contributed by atoms with Crippen molar-refractivity contribution in [3.63, 3.8) is 0 Å². The summed E-state index contributed by atoms with van der Waals surface area (Å²) >= 11 is 0. The van der Waals surface area contributed by atoms with Gasteiger partial charge in [-0.1, -0.05) is 263 Å². The van der Waals surface area contributed by atoms with Gasteiger partial charge in [-0.25, -0.2) is 0 Å². The van der Waals surface area contributed by atoms with Crippen molar-refractivity contribution in [3.8, 4) is 0 Å². The highest BCUT2D eigenvalue weighted by molar-refractivity contribution is 5.71. The molecule has 0 aliphatic carbocycles. The third-order valence-electron chi connectivity index (χ3n) is 14.1. The first-order chi connectivity index (χ1) is 35.0. The SMILES string of the molecule is CCCCCCCCC=CCCCCCCCCCCCC(=O)OCC(COC(=O)CCCCCCCCCCCC=CCCCCCCCC)OC(=O)CCCCCCCC=CCCCCCCCC. The molecule has 0 amide bonds. The lowest BCUT2D eigenvalue weighted by atomic mass is 10.1. The first kappa shape index (κ1) is 68.6. The zero-order chi connectivity index (χ0) is 51.4. The molecule has 6 heteroatoms. The highest BCUT2D eigenvalue weighted by Crippen LogP contribution is 2.16. The molecule has 0 atom stereocenters. The molecule has 0 aromatic rings. The fourth-order valence-electron chi connectivity index (χ4n) is 9.31. The molecular formula is C65H120O6. The number of allylic oxidation sites excluding steroid dienone is 6. The third-order valence-corrected chi connectivity index (χ3v) is 14.1. The van der Waals surface area contributed by atoms with Gasteiger partial charge in [0.1, 0.15) is 13.2 Å². The number of esters is 3. The van der Waals surface area contributed by atoms with E-state index >= 15 is 0 Å². The lowest BCUT2D eigenvalue weighted by molar-refractivity contribution is -0.167. The van der Waals surface area contributed by atoms with Crippen molar-refractivity contribution in [2.45, 2.75) is 348 Å². The second-order valence-electron chi connectivity index (χ2n) is 21.3. The smallest absolute Gasteiger partial charge is 0.306 e. The number of rotatable bonds is 58. The van der Waals surface area contributed by atoms with E-state index in [1.165, 1.54) is 238 Å². The van der Waals surface area contributed by atoms with Gasteiger partial charge in [0.25, 0.3) is 0 Å². The molecule has 6 nitrogen and oxygen atoms in total. The van der Waals surface area contributed by atoms with Gasteiger partial charge in [-0.3, -0.25) is 14.4 Å². The first-order valence-electron chi connectivity index (χ1n) is 31.5. The summed E-state index contributed by atoms with van der Waals surface area (Å²) in [5, 5.41) is 0. The highest BCUT2D eigenvalue weighted by Gasteiger charge is 2.19. The highest BCUT2D eigenvalue weighted by atomic mass is 16.6. The number of hydrogen-bond acceptors (Lipinski definition) is 6. The molecule has 0 radical (unpaired) electrons. The lowest BCUT2D eigenvalue weighted by Crippen LogP contribution is -2.30. The minimum Gasteiger partial charge on any atom is -0.462 e. The molecule has 0 fully saturated rings. The van der Waals surface area contributed by atoms with Gasteiger partial charge in [0.05, 0.1) is 0 Å². The van der Waals surface area contributed by atoms with Crippen molar-refractivity contribution in [1.29, 1.82) is 0 Å². The summed E-state index contributed by atoms with van der Waals surface area (Å²) in [4.78, 5) is 38.3. The van der Waals surface area contributed by atoms with Crippen molar-refractivity contribution in [2.24, 2.45) is 0 Å². The predicted octanol–water partition coefficient (Wildman–Crippen LogP) is 21.2. The summed E-state index contributed by atoms with van der Waals surface area (Å²) < 4.78 is 16.9. The largest absolute Gasteiger partial charge is 0.462 e. The van der Waals surface area contributed by atoms with E-state index in [4.69, 9.17) is 14.2 Å². The maximum absolute atomic E-state index is 12.9. The molecule has 0 saturated heterocycles. The van der Waals surface area contributed by atoms with E-state index < -0.39 is 6.10 Å². The zero-order valence-corrected chi connectivity index (χ0v) is 47.8. The molecular weight excluding hydrogens is 877 g/mol. The van der Waals surface area contributed by atoms with Gasteiger partial charge in [-0.15, -0.1) is 0 Å². The molecule has 0 N–H and O–H groups in total. The first-order valence-corrected chi connectivity index (χ1v) is 31.5. The van der Waals surface area contributed by atoms with Crippen LogP contribution >= 0.6 is 0 Å². The fraction of sp³-hybridized carbons (Fsp3) is 0.862. The predicted molar refractivity (Wildman–Crippen MR) is 307 cm³/mol. The van der Waals surface area contributed by atoms with Crippen LogP contribution in [0.25, 0.3) is 0 Å². The zero-order valence-electron chi connectivity index (χ0n) is 47.8. The third kappa shape index (κ3) is 58.4. The maximum Gasteiger partial charge on any atom is 0.306 e. The number of carbonyl (C=O) groups excluding carboxylic acids is 3. The molecule has 0 aliphatic heterocycles. The van der Waals surface area contributed by atoms with E-state index in [9.17, 15) is 14.4 Å². The molecule has 0 saturated carbocycles. The van der Waals surface area contributed by atoms with Crippen LogP contribution < -0.4 is 0 Å². The van der Waals surface area contributed by atoms with E-state index in [-0.39, 0.29) is 31.1 Å². The van der Waals surface area contributed by atoms with Crippen LogP contribution in [0.3, 0.4) is 0 Å². The Bertz CT molecular complexity index is 1130. The molecule has 0 spiro atoms. The Kier molecular flexibility index (Phi) is 58.2. The Balaban J connectivity index is 4.33. The average Bonchev–Trinajstić information content (AvgIpc) is 3.37. The molecule has 0 bridgehead atoms. The number of carbonyl (C=O) groups is 3. The van der Waals surface area contributed by atoms with Gasteiger partial charge in [0.15, 0.2) is 6.10 Å². The van der Waals surface area contributed by atoms with Crippen LogP contribution in [0.5, 0.6) is 0 Å². The summed E-state index contributed by atoms with van der Waals surface area (Å²) in [7, 11) is 0. The lowest BCUT2D eigenvalue weighted by Gasteiger charge is -2.18. The minimum atomic E-state index is -0.777. The van der Waals surface area contributed by atoms with Gasteiger partial charge in [0.2, 0.25) is 0 Å². The second-order valence-corrected chi connectivity index (χ2v) is 21.3. The average molecular weight is 998 g/mol. The summed E-state index contributed by atoms with van der Waals surface area (Å²) in [6.07, 6.45) is 72.8. The van der Waals surface area contributed by atoms with Crippen LogP contribution in [0.1, 0.15) is 342 Å². The van der Waals surface area contributed by atoms with Crippen molar-refractivity contribution < 1.29 is 28.6 Å². The van der Waals surface area contributed by atoms with Gasteiger partial charge in [-0.05, 0) is 96.3 Å². The maximum atomic E-state index is 12.9. The van der Waals surface area contributed by atoms with Crippen molar-refractivity contribution in [2.75, 3.05) is 13.2 Å². The molecule has 0 aliphatic rings. The monoisotopic (exact) mass is 997 g/mol. The summed E-state index contributed by atoms with van der Waals surface area (Å²) in [6.45, 7) is 6.67. The van der Waals surface area contributed by atoms with Gasteiger partial charge in [0, 0.05) is 19.3 Å². The molecule has 0 unspecified atom stereocenters. The Labute approximate surface area is 442 Å². The van der Waals surface area contributed by atoms with E-state index in [0.717, 1.165) is 64.2 Å². The summed E-state index contributed by atoms with van der Waals surface area (Å²) in [5.41, 5.74) is 0. The topological polar surface area (TPSA) is 78.9 Å².